The Morgan fingerprint density at radius 3 is 2.75 bits per heavy atom. The molecule has 0 spiro atoms. The maximum Gasteiger partial charge on any atom is 0.0845 e. The number of ether oxygens (including phenoxy) is 1. The van der Waals surface area contributed by atoms with E-state index in [1.54, 1.807) is 0 Å². The van der Waals surface area contributed by atoms with Crippen LogP contribution in [0.4, 0.5) is 0 Å². The summed E-state index contributed by atoms with van der Waals surface area (Å²) >= 11 is 0. The Kier molecular flexibility index (Phi) is 4.73. The third-order valence-electron chi connectivity index (χ3n) is 4.04. The molecule has 1 aromatic carbocycles. The van der Waals surface area contributed by atoms with Crippen molar-refractivity contribution >= 4 is 10.9 Å². The van der Waals surface area contributed by atoms with Crippen molar-refractivity contribution in [3.05, 3.63) is 42.1 Å². The van der Waals surface area contributed by atoms with E-state index in [1.807, 2.05) is 26.2 Å². The Balaban J connectivity index is 2.42. The van der Waals surface area contributed by atoms with Gasteiger partial charge in [-0.1, -0.05) is 19.1 Å². The Morgan fingerprint density at radius 1 is 1.30 bits per heavy atom. The van der Waals surface area contributed by atoms with E-state index < -0.39 is 0 Å². The number of pyridine rings is 1. The van der Waals surface area contributed by atoms with E-state index in [-0.39, 0.29) is 11.6 Å². The van der Waals surface area contributed by atoms with Gasteiger partial charge in [-0.25, -0.2) is 0 Å². The SMILES string of the molecule is CCOC(C)(CC)C(NC)c1ccc2ncccc2c1. The third kappa shape index (κ3) is 2.84. The summed E-state index contributed by atoms with van der Waals surface area (Å²) in [6.45, 7) is 7.11. The van der Waals surface area contributed by atoms with Gasteiger partial charge in [-0.3, -0.25) is 4.98 Å². The minimum Gasteiger partial charge on any atom is -0.374 e. The van der Waals surface area contributed by atoms with Crippen molar-refractivity contribution in [1.29, 1.82) is 0 Å². The molecule has 2 atom stereocenters. The molecule has 2 unspecified atom stereocenters. The lowest BCUT2D eigenvalue weighted by atomic mass is 9.87. The molecule has 0 radical (unpaired) electrons. The summed E-state index contributed by atoms with van der Waals surface area (Å²) in [5, 5.41) is 4.58. The van der Waals surface area contributed by atoms with E-state index in [9.17, 15) is 0 Å². The molecule has 0 aliphatic heterocycles. The first-order chi connectivity index (χ1) is 9.64. The maximum absolute atomic E-state index is 6.02. The van der Waals surface area contributed by atoms with Gasteiger partial charge < -0.3 is 10.1 Å². The summed E-state index contributed by atoms with van der Waals surface area (Å²) in [5.41, 5.74) is 2.06. The molecule has 0 bridgehead atoms. The molecule has 1 N–H and O–H groups in total. The molecule has 3 nitrogen and oxygen atoms in total. The number of nitrogens with zero attached hydrogens (tertiary/aromatic N) is 1. The summed E-state index contributed by atoms with van der Waals surface area (Å²) in [6, 6.07) is 10.7. The van der Waals surface area contributed by atoms with Gasteiger partial charge in [0.15, 0.2) is 0 Å². The van der Waals surface area contributed by atoms with Gasteiger partial charge >= 0.3 is 0 Å². The predicted octanol–water partition coefficient (Wildman–Crippen LogP) is 3.70. The molecular weight excluding hydrogens is 248 g/mol. The van der Waals surface area contributed by atoms with Crippen LogP contribution in [0, 0.1) is 0 Å². The van der Waals surface area contributed by atoms with Crippen molar-refractivity contribution in [2.24, 2.45) is 0 Å². The summed E-state index contributed by atoms with van der Waals surface area (Å²) < 4.78 is 6.02. The molecule has 0 saturated carbocycles. The fraction of sp³-hybridized carbons (Fsp3) is 0.471. The molecule has 0 fully saturated rings. The van der Waals surface area contributed by atoms with Crippen LogP contribution in [0.15, 0.2) is 36.5 Å². The van der Waals surface area contributed by atoms with E-state index in [0.717, 1.165) is 18.5 Å². The largest absolute Gasteiger partial charge is 0.374 e. The van der Waals surface area contributed by atoms with Crippen molar-refractivity contribution in [2.45, 2.75) is 38.8 Å². The quantitative estimate of drug-likeness (QED) is 0.870. The van der Waals surface area contributed by atoms with Crippen LogP contribution < -0.4 is 5.32 Å². The van der Waals surface area contributed by atoms with Crippen molar-refractivity contribution in [2.75, 3.05) is 13.7 Å². The number of hydrogen-bond donors (Lipinski definition) is 1. The number of benzene rings is 1. The van der Waals surface area contributed by atoms with Crippen LogP contribution in [0.25, 0.3) is 10.9 Å². The number of aromatic nitrogens is 1. The molecule has 1 aromatic heterocycles. The van der Waals surface area contributed by atoms with Crippen LogP contribution in [0.5, 0.6) is 0 Å². The lowest BCUT2D eigenvalue weighted by Crippen LogP contribution is -2.42. The highest BCUT2D eigenvalue weighted by atomic mass is 16.5. The van der Waals surface area contributed by atoms with Crippen LogP contribution in [0.2, 0.25) is 0 Å². The number of nitrogens with one attached hydrogen (secondary N) is 1. The Hall–Kier alpha value is -1.45. The van der Waals surface area contributed by atoms with Gasteiger partial charge in [-0.05, 0) is 51.1 Å². The molecule has 0 amide bonds. The maximum atomic E-state index is 6.02. The molecule has 1 heterocycles. The van der Waals surface area contributed by atoms with Gasteiger partial charge in [0.05, 0.1) is 17.2 Å². The first kappa shape index (κ1) is 14.9. The van der Waals surface area contributed by atoms with Gasteiger partial charge in [-0.2, -0.15) is 0 Å². The summed E-state index contributed by atoms with van der Waals surface area (Å²) in [5.74, 6) is 0. The minimum absolute atomic E-state index is 0.164. The highest BCUT2D eigenvalue weighted by molar-refractivity contribution is 5.79. The van der Waals surface area contributed by atoms with Gasteiger partial charge in [0.2, 0.25) is 0 Å². The van der Waals surface area contributed by atoms with Crippen LogP contribution in [0.1, 0.15) is 38.8 Å². The molecule has 20 heavy (non-hydrogen) atoms. The molecule has 2 aromatic rings. The zero-order valence-corrected chi connectivity index (χ0v) is 12.8. The second kappa shape index (κ2) is 6.33. The van der Waals surface area contributed by atoms with Crippen LogP contribution >= 0.6 is 0 Å². The monoisotopic (exact) mass is 272 g/mol. The topological polar surface area (TPSA) is 34.1 Å². The summed E-state index contributed by atoms with van der Waals surface area (Å²) in [6.07, 6.45) is 2.78. The summed E-state index contributed by atoms with van der Waals surface area (Å²) in [7, 11) is 1.99. The zero-order chi connectivity index (χ0) is 14.6. The molecule has 3 heteroatoms. The second-order valence-electron chi connectivity index (χ2n) is 5.28. The van der Waals surface area contributed by atoms with Gasteiger partial charge in [0, 0.05) is 18.2 Å². The van der Waals surface area contributed by atoms with Gasteiger partial charge in [-0.15, -0.1) is 0 Å². The fourth-order valence-corrected chi connectivity index (χ4v) is 2.82. The van der Waals surface area contributed by atoms with E-state index >= 15 is 0 Å². The first-order valence-electron chi connectivity index (χ1n) is 7.30. The van der Waals surface area contributed by atoms with Crippen molar-refractivity contribution in [1.82, 2.24) is 10.3 Å². The normalized spacial score (nSPS) is 16.0. The first-order valence-corrected chi connectivity index (χ1v) is 7.30. The summed E-state index contributed by atoms with van der Waals surface area (Å²) in [4.78, 5) is 4.37. The number of likely N-dealkylation sites (N-methyl/N-ethyl adjacent to an activating group) is 1. The third-order valence-corrected chi connectivity index (χ3v) is 4.04. The minimum atomic E-state index is -0.209. The molecular formula is C17H24N2O. The lowest BCUT2D eigenvalue weighted by Gasteiger charge is -2.37. The Labute approximate surface area is 121 Å². The van der Waals surface area contributed by atoms with E-state index in [0.29, 0.717) is 0 Å². The van der Waals surface area contributed by atoms with Crippen molar-refractivity contribution in [3.63, 3.8) is 0 Å². The van der Waals surface area contributed by atoms with E-state index in [1.165, 1.54) is 10.9 Å². The Bertz CT molecular complexity index is 570. The van der Waals surface area contributed by atoms with Crippen molar-refractivity contribution < 1.29 is 4.74 Å². The highest BCUT2D eigenvalue weighted by Gasteiger charge is 2.33. The van der Waals surface area contributed by atoms with Crippen LogP contribution in [-0.4, -0.2) is 24.2 Å². The average molecular weight is 272 g/mol. The Morgan fingerprint density at radius 2 is 2.10 bits per heavy atom. The molecule has 108 valence electrons. The van der Waals surface area contributed by atoms with Crippen LogP contribution in [0.3, 0.4) is 0 Å². The molecule has 0 aliphatic rings. The average Bonchev–Trinajstić information content (AvgIpc) is 2.48. The second-order valence-corrected chi connectivity index (χ2v) is 5.28. The molecule has 0 aliphatic carbocycles. The van der Waals surface area contributed by atoms with Crippen molar-refractivity contribution in [3.8, 4) is 0 Å². The van der Waals surface area contributed by atoms with E-state index in [2.05, 4.69) is 48.4 Å². The predicted molar refractivity (Wildman–Crippen MR) is 83.9 cm³/mol. The van der Waals surface area contributed by atoms with Gasteiger partial charge in [0.25, 0.3) is 0 Å². The highest BCUT2D eigenvalue weighted by Crippen LogP contribution is 2.33. The zero-order valence-electron chi connectivity index (χ0n) is 12.8. The van der Waals surface area contributed by atoms with Crippen LogP contribution in [-0.2, 0) is 4.74 Å². The standard InChI is InChI=1S/C17H24N2O/c1-5-17(3,20-6-2)16(18-4)14-9-10-15-13(12-14)8-7-11-19-15/h7-12,16,18H,5-6H2,1-4H3. The molecule has 2 rings (SSSR count). The smallest absolute Gasteiger partial charge is 0.0845 e. The molecule has 0 saturated heterocycles. The number of hydrogen-bond acceptors (Lipinski definition) is 3. The van der Waals surface area contributed by atoms with E-state index in [4.69, 9.17) is 4.74 Å². The lowest BCUT2D eigenvalue weighted by molar-refractivity contribution is -0.0546. The fourth-order valence-electron chi connectivity index (χ4n) is 2.82. The number of fused-ring (bicyclic) bond motifs is 1. The van der Waals surface area contributed by atoms with Gasteiger partial charge in [0.1, 0.15) is 0 Å². The number of rotatable bonds is 6.